The minimum Gasteiger partial charge on any atom is -0.373 e. The number of amides is 1. The molecule has 0 aliphatic heterocycles. The first-order valence-corrected chi connectivity index (χ1v) is 9.44. The summed E-state index contributed by atoms with van der Waals surface area (Å²) in [6.07, 6.45) is 4.35. The topological polar surface area (TPSA) is 64.4 Å². The molecule has 3 N–H and O–H groups in total. The molecule has 0 saturated carbocycles. The van der Waals surface area contributed by atoms with Crippen LogP contribution >= 0.6 is 0 Å². The number of hydrogen-bond donors (Lipinski definition) is 2. The van der Waals surface area contributed by atoms with Crippen molar-refractivity contribution in [2.75, 3.05) is 13.2 Å². The van der Waals surface area contributed by atoms with Crippen molar-refractivity contribution in [3.8, 4) is 0 Å². The van der Waals surface area contributed by atoms with Crippen molar-refractivity contribution in [3.05, 3.63) is 70.8 Å². The van der Waals surface area contributed by atoms with E-state index in [1.165, 1.54) is 17.5 Å². The van der Waals surface area contributed by atoms with Crippen molar-refractivity contribution in [1.82, 2.24) is 5.32 Å². The molecule has 0 saturated heterocycles. The summed E-state index contributed by atoms with van der Waals surface area (Å²) in [6.45, 7) is 3.23. The number of hydrogen-bond acceptors (Lipinski definition) is 3. The lowest BCUT2D eigenvalue weighted by Gasteiger charge is -2.25. The maximum atomic E-state index is 12.2. The average Bonchev–Trinajstić information content (AvgIpc) is 2.67. The van der Waals surface area contributed by atoms with Crippen LogP contribution in [0.5, 0.6) is 0 Å². The van der Waals surface area contributed by atoms with E-state index in [-0.39, 0.29) is 12.0 Å². The summed E-state index contributed by atoms with van der Waals surface area (Å²) in [5, 5.41) is 2.91. The average molecular weight is 352 g/mol. The molecule has 1 amide bonds. The van der Waals surface area contributed by atoms with E-state index in [9.17, 15) is 4.79 Å². The molecule has 2 aromatic rings. The van der Waals surface area contributed by atoms with Crippen LogP contribution in [0.1, 0.15) is 53.7 Å². The number of aryl methyl sites for hydroxylation is 2. The lowest BCUT2D eigenvalue weighted by Crippen LogP contribution is -2.35. The van der Waals surface area contributed by atoms with Gasteiger partial charge >= 0.3 is 0 Å². The van der Waals surface area contributed by atoms with Gasteiger partial charge < -0.3 is 15.8 Å². The Morgan fingerprint density at radius 2 is 2.00 bits per heavy atom. The smallest absolute Gasteiger partial charge is 0.241 e. The lowest BCUT2D eigenvalue weighted by atomic mass is 9.89. The maximum absolute atomic E-state index is 12.2. The molecular weight excluding hydrogens is 324 g/mol. The number of rotatable bonds is 7. The zero-order valence-electron chi connectivity index (χ0n) is 15.4. The van der Waals surface area contributed by atoms with Crippen molar-refractivity contribution < 1.29 is 9.53 Å². The minimum atomic E-state index is -0.623. The third kappa shape index (κ3) is 4.71. The second-order valence-electron chi connectivity index (χ2n) is 6.98. The second kappa shape index (κ2) is 8.97. The normalized spacial score (nSPS) is 17.4. The first-order valence-electron chi connectivity index (χ1n) is 9.44. The molecule has 4 nitrogen and oxygen atoms in total. The number of nitrogens with two attached hydrogens (primary N) is 1. The highest BCUT2D eigenvalue weighted by molar-refractivity contribution is 5.82. The van der Waals surface area contributed by atoms with Crippen molar-refractivity contribution in [2.45, 2.75) is 44.8 Å². The minimum absolute atomic E-state index is 0.142. The molecule has 26 heavy (non-hydrogen) atoms. The second-order valence-corrected chi connectivity index (χ2v) is 6.98. The van der Waals surface area contributed by atoms with Gasteiger partial charge in [-0.1, -0.05) is 54.1 Å². The summed E-state index contributed by atoms with van der Waals surface area (Å²) in [5.74, 6) is -0.142. The van der Waals surface area contributed by atoms with Gasteiger partial charge in [0.2, 0.25) is 5.91 Å². The summed E-state index contributed by atoms with van der Waals surface area (Å²) >= 11 is 0. The third-order valence-corrected chi connectivity index (χ3v) is 4.97. The van der Waals surface area contributed by atoms with E-state index in [0.717, 1.165) is 30.4 Å². The van der Waals surface area contributed by atoms with E-state index in [0.29, 0.717) is 13.2 Å². The number of carbonyl (C=O) groups is 1. The quantitative estimate of drug-likeness (QED) is 0.749. The Morgan fingerprint density at radius 1 is 1.23 bits per heavy atom. The Labute approximate surface area is 155 Å². The van der Waals surface area contributed by atoms with Crippen LogP contribution in [0.4, 0.5) is 0 Å². The molecule has 2 aromatic carbocycles. The van der Waals surface area contributed by atoms with Crippen LogP contribution in [0.15, 0.2) is 48.5 Å². The zero-order chi connectivity index (χ0) is 18.4. The number of ether oxygens (including phenoxy) is 1. The summed E-state index contributed by atoms with van der Waals surface area (Å²) < 4.78 is 6.07. The molecule has 2 unspecified atom stereocenters. The molecule has 138 valence electrons. The monoisotopic (exact) mass is 352 g/mol. The molecule has 0 aromatic heterocycles. The Morgan fingerprint density at radius 3 is 2.81 bits per heavy atom. The third-order valence-electron chi connectivity index (χ3n) is 4.97. The van der Waals surface area contributed by atoms with Crippen LogP contribution in [-0.4, -0.2) is 19.1 Å². The fraction of sp³-hybridized carbons (Fsp3) is 0.409. The van der Waals surface area contributed by atoms with Gasteiger partial charge in [-0.3, -0.25) is 4.79 Å². The summed E-state index contributed by atoms with van der Waals surface area (Å²) in [6, 6.07) is 15.7. The van der Waals surface area contributed by atoms with Gasteiger partial charge in [-0.25, -0.2) is 0 Å². The van der Waals surface area contributed by atoms with Crippen LogP contribution in [-0.2, 0) is 16.0 Å². The predicted molar refractivity (Wildman–Crippen MR) is 104 cm³/mol. The Balaban J connectivity index is 1.39. The highest BCUT2D eigenvalue weighted by atomic mass is 16.5. The van der Waals surface area contributed by atoms with Gasteiger partial charge in [-0.05, 0) is 49.3 Å². The van der Waals surface area contributed by atoms with Crippen molar-refractivity contribution in [2.24, 2.45) is 5.73 Å². The van der Waals surface area contributed by atoms with Crippen molar-refractivity contribution in [3.63, 3.8) is 0 Å². The molecule has 0 bridgehead atoms. The van der Waals surface area contributed by atoms with Crippen LogP contribution < -0.4 is 11.1 Å². The van der Waals surface area contributed by atoms with E-state index in [1.807, 2.05) is 31.2 Å². The largest absolute Gasteiger partial charge is 0.373 e. The first-order chi connectivity index (χ1) is 12.6. The van der Waals surface area contributed by atoms with Gasteiger partial charge in [-0.2, -0.15) is 0 Å². The Bertz CT molecular complexity index is 727. The summed E-state index contributed by atoms with van der Waals surface area (Å²) in [5.41, 5.74) is 10.7. The van der Waals surface area contributed by atoms with Gasteiger partial charge in [0.1, 0.15) is 6.04 Å². The molecule has 1 aliphatic rings. The maximum Gasteiger partial charge on any atom is 0.241 e. The summed E-state index contributed by atoms with van der Waals surface area (Å²) in [7, 11) is 0. The number of carbonyl (C=O) groups excluding carboxylic acids is 1. The molecule has 2 atom stereocenters. The Kier molecular flexibility index (Phi) is 6.42. The highest BCUT2D eigenvalue weighted by Crippen LogP contribution is 2.32. The fourth-order valence-corrected chi connectivity index (χ4v) is 3.43. The first kappa shape index (κ1) is 18.6. The number of nitrogens with one attached hydrogen (secondary N) is 1. The standard InChI is InChI=1S/C22H28N2O2/c1-16-10-12-18(13-11-16)21(23)22(25)24-14-5-15-26-20-9-4-7-17-6-2-3-8-19(17)20/h2-3,6,8,10-13,20-21H,4-5,7,9,14-15,23H2,1H3,(H,24,25). The highest BCUT2D eigenvalue weighted by Gasteiger charge is 2.20. The van der Waals surface area contributed by atoms with Crippen LogP contribution in [0.2, 0.25) is 0 Å². The van der Waals surface area contributed by atoms with Crippen LogP contribution in [0, 0.1) is 6.92 Å². The van der Waals surface area contributed by atoms with Crippen LogP contribution in [0.25, 0.3) is 0 Å². The molecular formula is C22H28N2O2. The Hall–Kier alpha value is -2.17. The molecule has 0 radical (unpaired) electrons. The molecule has 1 aliphatic carbocycles. The summed E-state index contributed by atoms with van der Waals surface area (Å²) in [4.78, 5) is 12.2. The van der Waals surface area contributed by atoms with E-state index in [1.54, 1.807) is 0 Å². The van der Waals surface area contributed by atoms with Gasteiger partial charge in [-0.15, -0.1) is 0 Å². The number of fused-ring (bicyclic) bond motifs is 1. The van der Waals surface area contributed by atoms with E-state index < -0.39 is 6.04 Å². The molecule has 3 rings (SSSR count). The van der Waals surface area contributed by atoms with Crippen molar-refractivity contribution in [1.29, 1.82) is 0 Å². The van der Waals surface area contributed by atoms with Gasteiger partial charge in [0.15, 0.2) is 0 Å². The van der Waals surface area contributed by atoms with E-state index in [2.05, 4.69) is 29.6 Å². The SMILES string of the molecule is Cc1ccc(C(N)C(=O)NCCCOC2CCCc3ccccc32)cc1. The molecule has 0 fully saturated rings. The van der Waals surface area contributed by atoms with Crippen molar-refractivity contribution >= 4 is 5.91 Å². The molecule has 0 spiro atoms. The van der Waals surface area contributed by atoms with Gasteiger partial charge in [0, 0.05) is 13.2 Å². The van der Waals surface area contributed by atoms with Gasteiger partial charge in [0.25, 0.3) is 0 Å². The molecule has 0 heterocycles. The number of benzene rings is 2. The van der Waals surface area contributed by atoms with Crippen LogP contribution in [0.3, 0.4) is 0 Å². The lowest BCUT2D eigenvalue weighted by molar-refractivity contribution is -0.122. The van der Waals surface area contributed by atoms with E-state index in [4.69, 9.17) is 10.5 Å². The van der Waals surface area contributed by atoms with Gasteiger partial charge in [0.05, 0.1) is 6.10 Å². The van der Waals surface area contributed by atoms with E-state index >= 15 is 0 Å². The molecule has 4 heteroatoms. The fourth-order valence-electron chi connectivity index (χ4n) is 3.43. The zero-order valence-corrected chi connectivity index (χ0v) is 15.4. The predicted octanol–water partition coefficient (Wildman–Crippen LogP) is 3.60.